The normalized spacial score (nSPS) is 11.0. The van der Waals surface area contributed by atoms with Crippen molar-refractivity contribution in [1.82, 2.24) is 5.43 Å². The summed E-state index contributed by atoms with van der Waals surface area (Å²) in [6.07, 6.45) is 1.61. The van der Waals surface area contributed by atoms with E-state index in [1.165, 1.54) is 5.56 Å². The first-order valence-electron chi connectivity index (χ1n) is 8.07. The molecule has 0 aliphatic rings. The largest absolute Gasteiger partial charge is 0.483 e. The number of carbonyl (C=O) groups excluding carboxylic acids is 1. The minimum atomic E-state index is -0.283. The SMILES string of the molecule is Cc1ccc(/C=N/NC(=O)COc2cc(C)ccc2C(C)C)cc1. The Morgan fingerprint density at radius 3 is 2.46 bits per heavy atom. The number of ether oxygens (including phenoxy) is 1. The van der Waals surface area contributed by atoms with Crippen LogP contribution in [0.4, 0.5) is 0 Å². The average Bonchev–Trinajstić information content (AvgIpc) is 2.54. The van der Waals surface area contributed by atoms with E-state index in [-0.39, 0.29) is 12.5 Å². The highest BCUT2D eigenvalue weighted by Crippen LogP contribution is 2.27. The molecule has 4 heteroatoms. The van der Waals surface area contributed by atoms with Crippen LogP contribution >= 0.6 is 0 Å². The Balaban J connectivity index is 1.89. The van der Waals surface area contributed by atoms with Crippen molar-refractivity contribution in [2.24, 2.45) is 5.10 Å². The van der Waals surface area contributed by atoms with Crippen LogP contribution in [0.3, 0.4) is 0 Å². The van der Waals surface area contributed by atoms with Crippen molar-refractivity contribution in [2.75, 3.05) is 6.61 Å². The van der Waals surface area contributed by atoms with Crippen molar-refractivity contribution in [3.8, 4) is 5.75 Å². The van der Waals surface area contributed by atoms with Crippen molar-refractivity contribution in [3.05, 3.63) is 64.7 Å². The lowest BCUT2D eigenvalue weighted by Crippen LogP contribution is -2.25. The highest BCUT2D eigenvalue weighted by molar-refractivity contribution is 5.82. The molecule has 2 rings (SSSR count). The molecule has 2 aromatic rings. The molecule has 0 aliphatic carbocycles. The lowest BCUT2D eigenvalue weighted by Gasteiger charge is -2.14. The molecule has 24 heavy (non-hydrogen) atoms. The van der Waals surface area contributed by atoms with Gasteiger partial charge in [-0.15, -0.1) is 0 Å². The standard InChI is InChI=1S/C20H24N2O2/c1-14(2)18-10-7-16(4)11-19(18)24-13-20(23)22-21-12-17-8-5-15(3)6-9-17/h5-12,14H,13H2,1-4H3,(H,22,23)/b21-12+. The molecule has 0 unspecified atom stereocenters. The monoisotopic (exact) mass is 324 g/mol. The van der Waals surface area contributed by atoms with Gasteiger partial charge in [-0.3, -0.25) is 4.79 Å². The number of hydrazone groups is 1. The van der Waals surface area contributed by atoms with E-state index in [1.807, 2.05) is 56.3 Å². The van der Waals surface area contributed by atoms with Gasteiger partial charge in [0, 0.05) is 0 Å². The molecule has 0 bridgehead atoms. The molecular weight excluding hydrogens is 300 g/mol. The zero-order valence-corrected chi connectivity index (χ0v) is 14.7. The molecule has 1 amide bonds. The minimum absolute atomic E-state index is 0.0611. The molecule has 0 aliphatic heterocycles. The fourth-order valence-electron chi connectivity index (χ4n) is 2.25. The van der Waals surface area contributed by atoms with Gasteiger partial charge in [0.1, 0.15) is 5.75 Å². The molecule has 126 valence electrons. The molecule has 0 radical (unpaired) electrons. The number of carbonyl (C=O) groups is 1. The van der Waals surface area contributed by atoms with Crippen molar-refractivity contribution < 1.29 is 9.53 Å². The van der Waals surface area contributed by atoms with Gasteiger partial charge in [0.15, 0.2) is 6.61 Å². The van der Waals surface area contributed by atoms with E-state index in [9.17, 15) is 4.79 Å². The van der Waals surface area contributed by atoms with Crippen LogP contribution < -0.4 is 10.2 Å². The number of nitrogens with one attached hydrogen (secondary N) is 1. The van der Waals surface area contributed by atoms with Gasteiger partial charge < -0.3 is 4.74 Å². The Bertz CT molecular complexity index is 719. The van der Waals surface area contributed by atoms with Gasteiger partial charge in [0.25, 0.3) is 5.91 Å². The van der Waals surface area contributed by atoms with E-state index in [1.54, 1.807) is 6.21 Å². The maximum atomic E-state index is 11.9. The van der Waals surface area contributed by atoms with E-state index in [2.05, 4.69) is 24.4 Å². The lowest BCUT2D eigenvalue weighted by molar-refractivity contribution is -0.123. The van der Waals surface area contributed by atoms with E-state index in [4.69, 9.17) is 4.74 Å². The van der Waals surface area contributed by atoms with E-state index in [0.29, 0.717) is 5.92 Å². The number of hydrogen-bond acceptors (Lipinski definition) is 3. The number of benzene rings is 2. The first-order chi connectivity index (χ1) is 11.5. The molecule has 0 heterocycles. The Kier molecular flexibility index (Phi) is 6.13. The van der Waals surface area contributed by atoms with Crippen LogP contribution in [0.1, 0.15) is 42.0 Å². The van der Waals surface area contributed by atoms with Gasteiger partial charge in [-0.1, -0.05) is 55.8 Å². The minimum Gasteiger partial charge on any atom is -0.483 e. The molecule has 0 aromatic heterocycles. The summed E-state index contributed by atoms with van der Waals surface area (Å²) < 4.78 is 5.67. The molecule has 0 spiro atoms. The van der Waals surface area contributed by atoms with Crippen LogP contribution in [0, 0.1) is 13.8 Å². The maximum absolute atomic E-state index is 11.9. The van der Waals surface area contributed by atoms with Crippen LogP contribution in [-0.4, -0.2) is 18.7 Å². The van der Waals surface area contributed by atoms with E-state index < -0.39 is 0 Å². The maximum Gasteiger partial charge on any atom is 0.277 e. The van der Waals surface area contributed by atoms with Crippen molar-refractivity contribution in [1.29, 1.82) is 0 Å². The Morgan fingerprint density at radius 2 is 1.79 bits per heavy atom. The summed E-state index contributed by atoms with van der Waals surface area (Å²) in [6.45, 7) is 8.17. The number of hydrogen-bond donors (Lipinski definition) is 1. The van der Waals surface area contributed by atoms with Crippen LogP contribution in [0.5, 0.6) is 5.75 Å². The summed E-state index contributed by atoms with van der Waals surface area (Å²) in [7, 11) is 0. The second kappa shape index (κ2) is 8.29. The first-order valence-corrected chi connectivity index (χ1v) is 8.07. The van der Waals surface area contributed by atoms with E-state index >= 15 is 0 Å². The predicted molar refractivity (Wildman–Crippen MR) is 97.7 cm³/mol. The Labute approximate surface area is 143 Å². The molecular formula is C20H24N2O2. The van der Waals surface area contributed by atoms with Gasteiger partial charge in [-0.2, -0.15) is 5.10 Å². The molecule has 2 aromatic carbocycles. The van der Waals surface area contributed by atoms with Crippen LogP contribution in [0.15, 0.2) is 47.6 Å². The highest BCUT2D eigenvalue weighted by atomic mass is 16.5. The fourth-order valence-corrected chi connectivity index (χ4v) is 2.25. The summed E-state index contributed by atoms with van der Waals surface area (Å²) in [4.78, 5) is 11.9. The highest BCUT2D eigenvalue weighted by Gasteiger charge is 2.09. The summed E-state index contributed by atoms with van der Waals surface area (Å²) in [5.41, 5.74) is 6.80. The third-order valence-electron chi connectivity index (χ3n) is 3.63. The summed E-state index contributed by atoms with van der Waals surface area (Å²) >= 11 is 0. The van der Waals surface area contributed by atoms with Crippen LogP contribution in [-0.2, 0) is 4.79 Å². The van der Waals surface area contributed by atoms with Gasteiger partial charge in [-0.05, 0) is 42.5 Å². The Hall–Kier alpha value is -2.62. The topological polar surface area (TPSA) is 50.7 Å². The molecule has 0 atom stereocenters. The fraction of sp³-hybridized carbons (Fsp3) is 0.300. The first kappa shape index (κ1) is 17.7. The van der Waals surface area contributed by atoms with Gasteiger partial charge in [-0.25, -0.2) is 5.43 Å². The van der Waals surface area contributed by atoms with Crippen molar-refractivity contribution in [3.63, 3.8) is 0 Å². The van der Waals surface area contributed by atoms with Crippen LogP contribution in [0.25, 0.3) is 0 Å². The number of nitrogens with zero attached hydrogens (tertiary/aromatic N) is 1. The van der Waals surface area contributed by atoms with Gasteiger partial charge in [0.05, 0.1) is 6.21 Å². The van der Waals surface area contributed by atoms with Gasteiger partial charge in [0.2, 0.25) is 0 Å². The molecule has 0 fully saturated rings. The third-order valence-corrected chi connectivity index (χ3v) is 3.63. The summed E-state index contributed by atoms with van der Waals surface area (Å²) in [5, 5.41) is 3.95. The third kappa shape index (κ3) is 5.23. The van der Waals surface area contributed by atoms with Crippen LogP contribution in [0.2, 0.25) is 0 Å². The number of aryl methyl sites for hydroxylation is 2. The second-order valence-electron chi connectivity index (χ2n) is 6.19. The second-order valence-corrected chi connectivity index (χ2v) is 6.19. The predicted octanol–water partition coefficient (Wildman–Crippen LogP) is 3.96. The van der Waals surface area contributed by atoms with Gasteiger partial charge >= 0.3 is 0 Å². The molecule has 1 N–H and O–H groups in total. The molecule has 0 saturated heterocycles. The average molecular weight is 324 g/mol. The molecule has 0 saturated carbocycles. The van der Waals surface area contributed by atoms with E-state index in [0.717, 1.165) is 22.4 Å². The quantitative estimate of drug-likeness (QED) is 0.646. The molecule has 4 nitrogen and oxygen atoms in total. The number of rotatable bonds is 6. The number of amides is 1. The van der Waals surface area contributed by atoms with Crippen molar-refractivity contribution >= 4 is 12.1 Å². The zero-order valence-electron chi connectivity index (χ0n) is 14.7. The van der Waals surface area contributed by atoms with Crippen molar-refractivity contribution in [2.45, 2.75) is 33.6 Å². The Morgan fingerprint density at radius 1 is 1.12 bits per heavy atom. The summed E-state index contributed by atoms with van der Waals surface area (Å²) in [6, 6.07) is 13.9. The lowest BCUT2D eigenvalue weighted by atomic mass is 10.0. The zero-order chi connectivity index (χ0) is 17.5. The smallest absolute Gasteiger partial charge is 0.277 e. The summed E-state index contributed by atoms with van der Waals surface area (Å²) in [5.74, 6) is 0.806.